The number of carbonyl (C=O) groups excluding carboxylic acids is 1. The lowest BCUT2D eigenvalue weighted by Crippen LogP contribution is -2.20. The summed E-state index contributed by atoms with van der Waals surface area (Å²) in [6, 6.07) is 8.00. The number of nitrogens with zero attached hydrogens (tertiary/aromatic N) is 2. The van der Waals surface area contributed by atoms with Gasteiger partial charge in [-0.05, 0) is 25.5 Å². The van der Waals surface area contributed by atoms with Gasteiger partial charge >= 0.3 is 0 Å². The average molecular weight is 290 g/mol. The van der Waals surface area contributed by atoms with Gasteiger partial charge in [0.2, 0.25) is 0 Å². The van der Waals surface area contributed by atoms with E-state index in [2.05, 4.69) is 10.4 Å². The number of aromatic nitrogens is 2. The van der Waals surface area contributed by atoms with Gasteiger partial charge in [0, 0.05) is 18.3 Å². The lowest BCUT2D eigenvalue weighted by atomic mass is 9.95. The molecule has 1 unspecified atom stereocenters. The predicted octanol–water partition coefficient (Wildman–Crippen LogP) is 3.51. The maximum absolute atomic E-state index is 12.8. The highest BCUT2D eigenvalue weighted by molar-refractivity contribution is 6.34. The number of benzene rings is 1. The van der Waals surface area contributed by atoms with Crippen LogP contribution >= 0.6 is 11.6 Å². The minimum atomic E-state index is -0.196. The molecule has 0 amide bonds. The first-order chi connectivity index (χ1) is 9.59. The van der Waals surface area contributed by atoms with Gasteiger partial charge in [0.15, 0.2) is 5.78 Å². The molecule has 1 atom stereocenters. The Bertz CT molecular complexity index is 663. The van der Waals surface area contributed by atoms with Crippen molar-refractivity contribution in [2.24, 2.45) is 0 Å². The maximum atomic E-state index is 12.8. The molecular weight excluding hydrogens is 274 g/mol. The molecule has 1 aliphatic heterocycles. The van der Waals surface area contributed by atoms with Crippen LogP contribution in [-0.2, 0) is 0 Å². The van der Waals surface area contributed by atoms with E-state index in [-0.39, 0.29) is 17.7 Å². The minimum absolute atomic E-state index is 0.0265. The topological polar surface area (TPSA) is 46.9 Å². The van der Waals surface area contributed by atoms with E-state index in [1.165, 1.54) is 0 Å². The van der Waals surface area contributed by atoms with Gasteiger partial charge in [-0.1, -0.05) is 29.8 Å². The van der Waals surface area contributed by atoms with Crippen molar-refractivity contribution in [1.29, 1.82) is 0 Å². The number of Topliss-reactive ketones (excluding diaryl/α,β-unsaturated/α-hetero) is 1. The van der Waals surface area contributed by atoms with Crippen LogP contribution in [-0.4, -0.2) is 22.1 Å². The molecule has 2 aromatic rings. The molecule has 1 aromatic carbocycles. The third kappa shape index (κ3) is 2.00. The smallest absolute Gasteiger partial charge is 0.191 e. The predicted molar refractivity (Wildman–Crippen MR) is 79.6 cm³/mol. The Morgan fingerprint density at radius 2 is 2.20 bits per heavy atom. The number of carbonyl (C=O) groups is 1. The average Bonchev–Trinajstić information content (AvgIpc) is 3.01. The number of halogens is 1. The normalized spacial score (nSPS) is 17.1. The molecular formula is C15H16ClN3O. The Labute approximate surface area is 122 Å². The van der Waals surface area contributed by atoms with Gasteiger partial charge in [0.25, 0.3) is 0 Å². The maximum Gasteiger partial charge on any atom is 0.191 e. The van der Waals surface area contributed by atoms with Gasteiger partial charge in [-0.2, -0.15) is 5.10 Å². The fourth-order valence-electron chi connectivity index (χ4n) is 2.65. The zero-order valence-electron chi connectivity index (χ0n) is 11.4. The first kappa shape index (κ1) is 13.2. The number of fused-ring (bicyclic) bond motifs is 1. The van der Waals surface area contributed by atoms with Crippen molar-refractivity contribution >= 4 is 23.1 Å². The van der Waals surface area contributed by atoms with E-state index in [4.69, 9.17) is 11.6 Å². The molecule has 1 aromatic heterocycles. The zero-order chi connectivity index (χ0) is 14.3. The summed E-state index contributed by atoms with van der Waals surface area (Å²) < 4.78 is 1.70. The number of rotatable bonds is 3. The number of ketones is 1. The summed E-state index contributed by atoms with van der Waals surface area (Å²) in [6.45, 7) is 4.58. The molecule has 0 bridgehead atoms. The molecule has 0 fully saturated rings. The fraction of sp³-hybridized carbons (Fsp3) is 0.333. The Balaban J connectivity index is 2.01. The summed E-state index contributed by atoms with van der Waals surface area (Å²) in [5.74, 6) is -0.170. The van der Waals surface area contributed by atoms with Gasteiger partial charge in [-0.3, -0.25) is 9.48 Å². The molecule has 0 aliphatic carbocycles. The van der Waals surface area contributed by atoms with Crippen LogP contribution in [0.5, 0.6) is 0 Å². The van der Waals surface area contributed by atoms with Gasteiger partial charge in [-0.15, -0.1) is 0 Å². The highest BCUT2D eigenvalue weighted by Crippen LogP contribution is 2.35. The highest BCUT2D eigenvalue weighted by atomic mass is 35.5. The van der Waals surface area contributed by atoms with Gasteiger partial charge in [0.05, 0.1) is 17.1 Å². The molecule has 0 radical (unpaired) electrons. The monoisotopic (exact) mass is 289 g/mol. The Hall–Kier alpha value is -1.81. The zero-order valence-corrected chi connectivity index (χ0v) is 12.2. The second-order valence-corrected chi connectivity index (χ2v) is 5.67. The van der Waals surface area contributed by atoms with Crippen molar-refractivity contribution in [2.75, 3.05) is 11.9 Å². The van der Waals surface area contributed by atoms with E-state index >= 15 is 0 Å². The van der Waals surface area contributed by atoms with Crippen molar-refractivity contribution in [2.45, 2.75) is 25.8 Å². The lowest BCUT2D eigenvalue weighted by Gasteiger charge is -2.14. The molecule has 104 valence electrons. The van der Waals surface area contributed by atoms with Crippen molar-refractivity contribution < 1.29 is 4.79 Å². The molecule has 0 spiro atoms. The number of anilines is 1. The van der Waals surface area contributed by atoms with Crippen LogP contribution < -0.4 is 5.32 Å². The van der Waals surface area contributed by atoms with Crippen molar-refractivity contribution in [3.8, 4) is 0 Å². The van der Waals surface area contributed by atoms with Crippen molar-refractivity contribution in [1.82, 2.24) is 9.78 Å². The molecule has 3 rings (SSSR count). The fourth-order valence-corrected chi connectivity index (χ4v) is 2.87. The number of hydrogen-bond acceptors (Lipinski definition) is 3. The SMILES string of the molecule is CC(C)n1ncc(Cl)c1C(=O)C1CNc2ccccc21. The van der Waals surface area contributed by atoms with Crippen molar-refractivity contribution in [3.05, 3.63) is 46.7 Å². The first-order valence-corrected chi connectivity index (χ1v) is 7.07. The first-order valence-electron chi connectivity index (χ1n) is 6.69. The van der Waals surface area contributed by atoms with Crippen LogP contribution in [0.15, 0.2) is 30.5 Å². The summed E-state index contributed by atoms with van der Waals surface area (Å²) in [4.78, 5) is 12.8. The van der Waals surface area contributed by atoms with E-state index in [1.807, 2.05) is 38.1 Å². The second kappa shape index (κ2) is 4.94. The van der Waals surface area contributed by atoms with Gasteiger partial charge in [0.1, 0.15) is 5.69 Å². The highest BCUT2D eigenvalue weighted by Gasteiger charge is 2.32. The van der Waals surface area contributed by atoms with Gasteiger partial charge < -0.3 is 5.32 Å². The van der Waals surface area contributed by atoms with E-state index < -0.39 is 0 Å². The number of para-hydroxylation sites is 1. The van der Waals surface area contributed by atoms with Crippen LogP contribution in [0.1, 0.15) is 41.9 Å². The summed E-state index contributed by atoms with van der Waals surface area (Å²) in [7, 11) is 0. The molecule has 5 heteroatoms. The molecule has 1 N–H and O–H groups in total. The summed E-state index contributed by atoms with van der Waals surface area (Å²) in [5, 5.41) is 7.90. The third-order valence-corrected chi connectivity index (χ3v) is 3.90. The van der Waals surface area contributed by atoms with E-state index in [0.717, 1.165) is 11.3 Å². The standard InChI is InChI=1S/C15H16ClN3O/c1-9(2)19-14(12(16)8-18-19)15(20)11-7-17-13-6-4-3-5-10(11)13/h3-6,8-9,11,17H,7H2,1-2H3. The molecule has 2 heterocycles. The van der Waals surface area contributed by atoms with Crippen LogP contribution in [0.2, 0.25) is 5.02 Å². The quantitative estimate of drug-likeness (QED) is 0.880. The molecule has 0 saturated carbocycles. The minimum Gasteiger partial charge on any atom is -0.384 e. The lowest BCUT2D eigenvalue weighted by molar-refractivity contribution is 0.0954. The Morgan fingerprint density at radius 3 is 2.95 bits per heavy atom. The summed E-state index contributed by atoms with van der Waals surface area (Å²) in [6.07, 6.45) is 1.54. The van der Waals surface area contributed by atoms with Crippen LogP contribution in [0, 0.1) is 0 Å². The van der Waals surface area contributed by atoms with E-state index in [9.17, 15) is 4.79 Å². The number of hydrogen-bond donors (Lipinski definition) is 1. The van der Waals surface area contributed by atoms with Gasteiger partial charge in [-0.25, -0.2) is 0 Å². The van der Waals surface area contributed by atoms with Crippen LogP contribution in [0.25, 0.3) is 0 Å². The largest absolute Gasteiger partial charge is 0.384 e. The summed E-state index contributed by atoms with van der Waals surface area (Å²) in [5.41, 5.74) is 2.56. The molecule has 4 nitrogen and oxygen atoms in total. The number of nitrogens with one attached hydrogen (secondary N) is 1. The van der Waals surface area contributed by atoms with E-state index in [0.29, 0.717) is 17.3 Å². The summed E-state index contributed by atoms with van der Waals surface area (Å²) >= 11 is 6.16. The third-order valence-electron chi connectivity index (χ3n) is 3.62. The second-order valence-electron chi connectivity index (χ2n) is 5.26. The molecule has 1 aliphatic rings. The Kier molecular flexibility index (Phi) is 3.26. The molecule has 0 saturated heterocycles. The molecule has 20 heavy (non-hydrogen) atoms. The Morgan fingerprint density at radius 1 is 1.45 bits per heavy atom. The van der Waals surface area contributed by atoms with Crippen LogP contribution in [0.4, 0.5) is 5.69 Å². The van der Waals surface area contributed by atoms with Crippen LogP contribution in [0.3, 0.4) is 0 Å². The van der Waals surface area contributed by atoms with E-state index in [1.54, 1.807) is 10.9 Å². The van der Waals surface area contributed by atoms with Crippen molar-refractivity contribution in [3.63, 3.8) is 0 Å².